The Balaban J connectivity index is 2.13. The van der Waals surface area contributed by atoms with Gasteiger partial charge < -0.3 is 11.1 Å². The highest BCUT2D eigenvalue weighted by atomic mass is 35.5. The van der Waals surface area contributed by atoms with E-state index in [2.05, 4.69) is 15.3 Å². The second-order valence-electron chi connectivity index (χ2n) is 5.07. The summed E-state index contributed by atoms with van der Waals surface area (Å²) < 4.78 is 0. The molecule has 2 aromatic heterocycles. The molecule has 0 aromatic carbocycles. The van der Waals surface area contributed by atoms with Crippen LogP contribution in [0.4, 0.5) is 5.82 Å². The maximum atomic E-state index is 12.0. The number of nitrogens with one attached hydrogen (secondary N) is 1. The molecule has 0 atom stereocenters. The Morgan fingerprint density at radius 1 is 1.27 bits per heavy atom. The minimum absolute atomic E-state index is 0.0104. The van der Waals surface area contributed by atoms with Gasteiger partial charge in [-0.15, -0.1) is 0 Å². The molecule has 1 saturated carbocycles. The molecule has 6 nitrogen and oxygen atoms in total. The molecule has 0 bridgehead atoms. The lowest BCUT2D eigenvalue weighted by Crippen LogP contribution is -2.18. The second kappa shape index (κ2) is 5.73. The number of hydrogen-bond donors (Lipinski definition) is 2. The van der Waals surface area contributed by atoms with Crippen LogP contribution in [0.1, 0.15) is 23.2 Å². The monoisotopic (exact) mass is 316 g/mol. The Morgan fingerprint density at radius 3 is 2.68 bits per heavy atom. The van der Waals surface area contributed by atoms with Gasteiger partial charge in [0.25, 0.3) is 0 Å². The number of amides is 2. The molecule has 2 amide bonds. The van der Waals surface area contributed by atoms with Gasteiger partial charge in [0.15, 0.2) is 0 Å². The van der Waals surface area contributed by atoms with Crippen LogP contribution in [-0.2, 0) is 4.79 Å². The molecule has 7 heteroatoms. The van der Waals surface area contributed by atoms with Gasteiger partial charge in [-0.05, 0) is 25.0 Å². The van der Waals surface area contributed by atoms with E-state index < -0.39 is 5.91 Å². The molecule has 22 heavy (non-hydrogen) atoms. The first-order valence-corrected chi connectivity index (χ1v) is 7.15. The van der Waals surface area contributed by atoms with Gasteiger partial charge in [0.2, 0.25) is 11.8 Å². The number of anilines is 1. The van der Waals surface area contributed by atoms with Gasteiger partial charge in [0, 0.05) is 35.6 Å². The fraction of sp³-hybridized carbons (Fsp3) is 0.200. The summed E-state index contributed by atoms with van der Waals surface area (Å²) in [5, 5.41) is 3.14. The zero-order valence-corrected chi connectivity index (χ0v) is 12.3. The molecule has 2 heterocycles. The Labute approximate surface area is 131 Å². The van der Waals surface area contributed by atoms with E-state index >= 15 is 0 Å². The maximum Gasteiger partial charge on any atom is 0.249 e. The summed E-state index contributed by atoms with van der Waals surface area (Å²) >= 11 is 6.19. The molecular weight excluding hydrogens is 304 g/mol. The first-order valence-electron chi connectivity index (χ1n) is 6.77. The van der Waals surface area contributed by atoms with Crippen molar-refractivity contribution in [3.05, 3.63) is 41.3 Å². The Kier molecular flexibility index (Phi) is 3.77. The minimum atomic E-state index is -0.626. The number of halogens is 1. The highest BCUT2D eigenvalue weighted by Gasteiger charge is 2.31. The van der Waals surface area contributed by atoms with E-state index in [1.165, 1.54) is 24.7 Å². The summed E-state index contributed by atoms with van der Waals surface area (Å²) in [6, 6.07) is 3.09. The summed E-state index contributed by atoms with van der Waals surface area (Å²) in [7, 11) is 0. The van der Waals surface area contributed by atoms with Crippen LogP contribution in [0, 0.1) is 5.92 Å². The zero-order chi connectivity index (χ0) is 15.7. The van der Waals surface area contributed by atoms with Gasteiger partial charge in [0.05, 0.1) is 10.6 Å². The number of primary amides is 1. The number of aromatic nitrogens is 2. The smallest absolute Gasteiger partial charge is 0.249 e. The number of nitrogens with zero attached hydrogens (tertiary/aromatic N) is 2. The first kappa shape index (κ1) is 14.5. The van der Waals surface area contributed by atoms with E-state index in [1.807, 2.05) is 0 Å². The van der Waals surface area contributed by atoms with Crippen LogP contribution in [0.15, 0.2) is 30.7 Å². The first-order chi connectivity index (χ1) is 10.6. The fourth-order valence-electron chi connectivity index (χ4n) is 2.16. The highest BCUT2D eigenvalue weighted by Crippen LogP contribution is 2.36. The summed E-state index contributed by atoms with van der Waals surface area (Å²) in [5.41, 5.74) is 6.55. The molecule has 0 unspecified atom stereocenters. The molecule has 0 spiro atoms. The molecule has 0 saturated heterocycles. The summed E-state index contributed by atoms with van der Waals surface area (Å²) in [4.78, 5) is 31.9. The summed E-state index contributed by atoms with van der Waals surface area (Å²) in [6.45, 7) is 0. The predicted octanol–water partition coefficient (Wildman–Crippen LogP) is 2.24. The van der Waals surface area contributed by atoms with E-state index in [9.17, 15) is 9.59 Å². The van der Waals surface area contributed by atoms with Crippen molar-refractivity contribution in [1.82, 2.24) is 9.97 Å². The predicted molar refractivity (Wildman–Crippen MR) is 82.3 cm³/mol. The normalized spacial score (nSPS) is 13.7. The second-order valence-corrected chi connectivity index (χ2v) is 5.47. The third-order valence-electron chi connectivity index (χ3n) is 3.44. The van der Waals surface area contributed by atoms with E-state index in [1.54, 1.807) is 6.07 Å². The lowest BCUT2D eigenvalue weighted by molar-refractivity contribution is -0.117. The molecule has 1 aliphatic carbocycles. The molecule has 1 fully saturated rings. The minimum Gasteiger partial charge on any atom is -0.366 e. The van der Waals surface area contributed by atoms with Crippen LogP contribution in [0.3, 0.4) is 0 Å². The Morgan fingerprint density at radius 2 is 2.05 bits per heavy atom. The van der Waals surface area contributed by atoms with E-state index in [0.29, 0.717) is 16.1 Å². The highest BCUT2D eigenvalue weighted by molar-refractivity contribution is 6.33. The van der Waals surface area contributed by atoms with Crippen LogP contribution in [0.25, 0.3) is 11.1 Å². The van der Waals surface area contributed by atoms with Gasteiger partial charge in [0.1, 0.15) is 5.82 Å². The number of nitrogens with two attached hydrogens (primary N) is 1. The van der Waals surface area contributed by atoms with E-state index in [4.69, 9.17) is 17.3 Å². The molecule has 1 aliphatic rings. The van der Waals surface area contributed by atoms with E-state index in [-0.39, 0.29) is 23.2 Å². The van der Waals surface area contributed by atoms with Crippen molar-refractivity contribution in [1.29, 1.82) is 0 Å². The SMILES string of the molecule is NC(=O)c1ccnc(NC(=O)C2CC2)c1-c1cnccc1Cl. The average Bonchev–Trinajstić information content (AvgIpc) is 3.32. The van der Waals surface area contributed by atoms with Crippen molar-refractivity contribution in [3.8, 4) is 11.1 Å². The molecule has 0 radical (unpaired) electrons. The van der Waals surface area contributed by atoms with E-state index in [0.717, 1.165) is 12.8 Å². The number of hydrogen-bond acceptors (Lipinski definition) is 4. The standard InChI is InChI=1S/C15H13ClN4O2/c16-11-4-5-18-7-10(11)12-9(13(17)21)3-6-19-14(12)20-15(22)8-1-2-8/h3-8H,1-2H2,(H2,17,21)(H,19,20,22). The van der Waals surface area contributed by atoms with Crippen molar-refractivity contribution in [3.63, 3.8) is 0 Å². The third-order valence-corrected chi connectivity index (χ3v) is 3.77. The average molecular weight is 317 g/mol. The number of carbonyl (C=O) groups excluding carboxylic acids is 2. The van der Waals surface area contributed by atoms with Crippen LogP contribution in [0.2, 0.25) is 5.02 Å². The molecule has 0 aliphatic heterocycles. The van der Waals surface area contributed by atoms with Gasteiger partial charge in [-0.25, -0.2) is 4.98 Å². The largest absolute Gasteiger partial charge is 0.366 e. The van der Waals surface area contributed by atoms with Crippen molar-refractivity contribution in [2.45, 2.75) is 12.8 Å². The van der Waals surface area contributed by atoms with Crippen molar-refractivity contribution in [2.24, 2.45) is 11.7 Å². The lowest BCUT2D eigenvalue weighted by atomic mass is 10.0. The fourth-order valence-corrected chi connectivity index (χ4v) is 2.36. The maximum absolute atomic E-state index is 12.0. The quantitative estimate of drug-likeness (QED) is 0.903. The van der Waals surface area contributed by atoms with Gasteiger partial charge in [-0.3, -0.25) is 14.6 Å². The number of carbonyl (C=O) groups is 2. The molecule has 3 rings (SSSR count). The van der Waals surface area contributed by atoms with Crippen molar-refractivity contribution < 1.29 is 9.59 Å². The third kappa shape index (κ3) is 2.78. The number of rotatable bonds is 4. The van der Waals surface area contributed by atoms with Crippen molar-refractivity contribution >= 4 is 29.2 Å². The van der Waals surface area contributed by atoms with Gasteiger partial charge in [-0.1, -0.05) is 11.6 Å². The van der Waals surface area contributed by atoms with Crippen LogP contribution < -0.4 is 11.1 Å². The van der Waals surface area contributed by atoms with Gasteiger partial charge >= 0.3 is 0 Å². The zero-order valence-electron chi connectivity index (χ0n) is 11.5. The molecular formula is C15H13ClN4O2. The summed E-state index contributed by atoms with van der Waals surface area (Å²) in [5.74, 6) is -0.464. The Hall–Kier alpha value is -2.47. The lowest BCUT2D eigenvalue weighted by Gasteiger charge is -2.14. The molecule has 112 valence electrons. The molecule has 3 N–H and O–H groups in total. The van der Waals surface area contributed by atoms with Crippen molar-refractivity contribution in [2.75, 3.05) is 5.32 Å². The Bertz CT molecular complexity index is 759. The topological polar surface area (TPSA) is 98.0 Å². The van der Waals surface area contributed by atoms with Gasteiger partial charge in [-0.2, -0.15) is 0 Å². The summed E-state index contributed by atoms with van der Waals surface area (Å²) in [6.07, 6.45) is 6.21. The van der Waals surface area contributed by atoms with Crippen LogP contribution in [-0.4, -0.2) is 21.8 Å². The number of pyridine rings is 2. The van der Waals surface area contributed by atoms with Crippen LogP contribution in [0.5, 0.6) is 0 Å². The van der Waals surface area contributed by atoms with Crippen LogP contribution >= 0.6 is 11.6 Å². The molecule has 2 aromatic rings.